The lowest BCUT2D eigenvalue weighted by molar-refractivity contribution is -0.0592. The van der Waals surface area contributed by atoms with Gasteiger partial charge in [0.25, 0.3) is 17.6 Å². The Balaban J connectivity index is 1.59. The van der Waals surface area contributed by atoms with Gasteiger partial charge in [-0.1, -0.05) is 35.4 Å². The van der Waals surface area contributed by atoms with Gasteiger partial charge in [-0.2, -0.15) is 0 Å². The monoisotopic (exact) mass is 348 g/mol. The number of aromatic nitrogens is 3. The minimum atomic E-state index is -0.989. The molecule has 128 valence electrons. The van der Waals surface area contributed by atoms with Gasteiger partial charge < -0.3 is 4.84 Å². The second-order valence-electron chi connectivity index (χ2n) is 5.56. The third kappa shape index (κ3) is 2.44. The van der Waals surface area contributed by atoms with Gasteiger partial charge in [-0.15, -0.1) is 5.10 Å². The molecule has 2 aromatic carbocycles. The first-order valence-electron chi connectivity index (χ1n) is 7.75. The fourth-order valence-electron chi connectivity index (χ4n) is 2.66. The van der Waals surface area contributed by atoms with Crippen molar-refractivity contribution in [3.8, 4) is 5.69 Å². The standard InChI is InChI=1S/C18H12N4O4/c1-11-19-15(20-21(11)12-7-3-2-4-8-12)18(25)26-22-16(23)13-9-5-6-10-14(13)17(22)24/h2-10H,1H3. The van der Waals surface area contributed by atoms with E-state index in [9.17, 15) is 14.4 Å². The van der Waals surface area contributed by atoms with E-state index in [1.54, 1.807) is 31.2 Å². The molecule has 0 N–H and O–H groups in total. The smallest absolute Gasteiger partial charge is 0.321 e. The Morgan fingerprint density at radius 1 is 0.923 bits per heavy atom. The van der Waals surface area contributed by atoms with Crippen molar-refractivity contribution in [1.29, 1.82) is 0 Å². The highest BCUT2D eigenvalue weighted by atomic mass is 16.7. The third-order valence-corrected chi connectivity index (χ3v) is 3.88. The van der Waals surface area contributed by atoms with Gasteiger partial charge >= 0.3 is 5.97 Å². The number of carbonyl (C=O) groups excluding carboxylic acids is 3. The average molecular weight is 348 g/mol. The third-order valence-electron chi connectivity index (χ3n) is 3.88. The lowest BCUT2D eigenvalue weighted by atomic mass is 10.1. The van der Waals surface area contributed by atoms with Crippen LogP contribution in [0.15, 0.2) is 54.6 Å². The van der Waals surface area contributed by atoms with Crippen molar-refractivity contribution in [3.63, 3.8) is 0 Å². The van der Waals surface area contributed by atoms with E-state index < -0.39 is 17.8 Å². The molecule has 1 aliphatic heterocycles. The maximum Gasteiger partial charge on any atom is 0.403 e. The molecule has 4 rings (SSSR count). The van der Waals surface area contributed by atoms with Gasteiger partial charge in [0, 0.05) is 0 Å². The summed E-state index contributed by atoms with van der Waals surface area (Å²) in [6.45, 7) is 1.68. The zero-order chi connectivity index (χ0) is 18.3. The van der Waals surface area contributed by atoms with Gasteiger partial charge in [-0.25, -0.2) is 14.5 Å². The quantitative estimate of drug-likeness (QED) is 0.672. The van der Waals surface area contributed by atoms with Crippen molar-refractivity contribution in [1.82, 2.24) is 19.8 Å². The summed E-state index contributed by atoms with van der Waals surface area (Å²) in [7, 11) is 0. The van der Waals surface area contributed by atoms with Crippen molar-refractivity contribution >= 4 is 17.8 Å². The number of carbonyl (C=O) groups is 3. The van der Waals surface area contributed by atoms with Gasteiger partial charge in [-0.05, 0) is 31.2 Å². The number of amides is 2. The summed E-state index contributed by atoms with van der Waals surface area (Å²) < 4.78 is 1.47. The molecular weight excluding hydrogens is 336 g/mol. The fraction of sp³-hybridized carbons (Fsp3) is 0.0556. The summed E-state index contributed by atoms with van der Waals surface area (Å²) in [5.74, 6) is -2.16. The van der Waals surface area contributed by atoms with Crippen molar-refractivity contribution in [2.75, 3.05) is 0 Å². The zero-order valence-electron chi connectivity index (χ0n) is 13.6. The average Bonchev–Trinajstić information content (AvgIpc) is 3.17. The first-order valence-corrected chi connectivity index (χ1v) is 7.75. The molecule has 0 saturated carbocycles. The normalized spacial score (nSPS) is 13.0. The van der Waals surface area contributed by atoms with Crippen LogP contribution in [0.3, 0.4) is 0 Å². The Hall–Kier alpha value is -3.81. The highest BCUT2D eigenvalue weighted by Gasteiger charge is 2.39. The van der Waals surface area contributed by atoms with Crippen molar-refractivity contribution < 1.29 is 19.2 Å². The lowest BCUT2D eigenvalue weighted by Gasteiger charge is -2.10. The topological polar surface area (TPSA) is 94.4 Å². The van der Waals surface area contributed by atoms with Crippen LogP contribution < -0.4 is 0 Å². The first-order chi connectivity index (χ1) is 12.6. The molecular formula is C18H12N4O4. The SMILES string of the molecule is Cc1nc(C(=O)ON2C(=O)c3ccccc3C2=O)nn1-c1ccccc1. The van der Waals surface area contributed by atoms with Gasteiger partial charge in [0.2, 0.25) is 0 Å². The van der Waals surface area contributed by atoms with Crippen LogP contribution in [0.2, 0.25) is 0 Å². The molecule has 0 spiro atoms. The number of para-hydroxylation sites is 1. The highest BCUT2D eigenvalue weighted by molar-refractivity contribution is 6.21. The predicted octanol–water partition coefficient (Wildman–Crippen LogP) is 1.94. The van der Waals surface area contributed by atoms with Crippen LogP contribution in [-0.4, -0.2) is 37.6 Å². The maximum absolute atomic E-state index is 12.3. The van der Waals surface area contributed by atoms with E-state index in [1.165, 1.54) is 16.8 Å². The Bertz CT molecular complexity index is 1010. The summed E-state index contributed by atoms with van der Waals surface area (Å²) in [4.78, 5) is 45.9. The number of fused-ring (bicyclic) bond motifs is 1. The molecule has 0 atom stereocenters. The van der Waals surface area contributed by atoms with Gasteiger partial charge in [0.15, 0.2) is 0 Å². The largest absolute Gasteiger partial charge is 0.403 e. The van der Waals surface area contributed by atoms with E-state index >= 15 is 0 Å². The number of benzene rings is 2. The summed E-state index contributed by atoms with van der Waals surface area (Å²) >= 11 is 0. The number of hydroxylamine groups is 2. The number of rotatable bonds is 3. The molecule has 0 fully saturated rings. The van der Waals surface area contributed by atoms with Crippen LogP contribution in [-0.2, 0) is 4.84 Å². The molecule has 1 aliphatic rings. The minimum absolute atomic E-state index is 0.184. The van der Waals surface area contributed by atoms with Crippen molar-refractivity contribution in [2.45, 2.75) is 6.92 Å². The molecule has 0 unspecified atom stereocenters. The molecule has 3 aromatic rings. The molecule has 0 aliphatic carbocycles. The van der Waals surface area contributed by atoms with Crippen LogP contribution in [0.4, 0.5) is 0 Å². The highest BCUT2D eigenvalue weighted by Crippen LogP contribution is 2.23. The molecule has 1 aromatic heterocycles. The molecule has 0 radical (unpaired) electrons. The summed E-state index contributed by atoms with van der Waals surface area (Å²) in [6, 6.07) is 15.4. The number of hydrogen-bond donors (Lipinski definition) is 0. The van der Waals surface area contributed by atoms with E-state index in [-0.39, 0.29) is 17.0 Å². The Kier molecular flexibility index (Phi) is 3.58. The van der Waals surface area contributed by atoms with E-state index in [2.05, 4.69) is 10.1 Å². The van der Waals surface area contributed by atoms with Crippen LogP contribution in [0.5, 0.6) is 0 Å². The Morgan fingerprint density at radius 3 is 2.12 bits per heavy atom. The zero-order valence-corrected chi connectivity index (χ0v) is 13.6. The van der Waals surface area contributed by atoms with Gasteiger partial charge in [-0.3, -0.25) is 9.59 Å². The van der Waals surface area contributed by atoms with Crippen LogP contribution in [0.25, 0.3) is 5.69 Å². The maximum atomic E-state index is 12.3. The summed E-state index contributed by atoms with van der Waals surface area (Å²) in [6.07, 6.45) is 0. The second-order valence-corrected chi connectivity index (χ2v) is 5.56. The van der Waals surface area contributed by atoms with E-state index in [4.69, 9.17) is 4.84 Å². The van der Waals surface area contributed by atoms with Gasteiger partial charge in [0.05, 0.1) is 16.8 Å². The number of aryl methyl sites for hydroxylation is 1. The molecule has 0 bridgehead atoms. The molecule has 8 heteroatoms. The van der Waals surface area contributed by atoms with E-state index in [0.717, 1.165) is 5.69 Å². The molecule has 2 heterocycles. The van der Waals surface area contributed by atoms with E-state index in [1.807, 2.05) is 18.2 Å². The minimum Gasteiger partial charge on any atom is -0.321 e. The number of nitrogens with zero attached hydrogens (tertiary/aromatic N) is 4. The van der Waals surface area contributed by atoms with Crippen molar-refractivity contribution in [3.05, 3.63) is 77.4 Å². The molecule has 8 nitrogen and oxygen atoms in total. The predicted molar refractivity (Wildman–Crippen MR) is 88.5 cm³/mol. The summed E-state index contributed by atoms with van der Waals surface area (Å²) in [5, 5.41) is 4.54. The molecule has 0 saturated heterocycles. The molecule has 2 amide bonds. The lowest BCUT2D eigenvalue weighted by Crippen LogP contribution is -2.33. The van der Waals surface area contributed by atoms with Crippen LogP contribution in [0.1, 0.15) is 37.2 Å². The Labute approximate surface area is 147 Å². The van der Waals surface area contributed by atoms with Crippen LogP contribution >= 0.6 is 0 Å². The molecule has 26 heavy (non-hydrogen) atoms. The second kappa shape index (κ2) is 5.92. The van der Waals surface area contributed by atoms with Crippen LogP contribution in [0, 0.1) is 6.92 Å². The number of imide groups is 1. The summed E-state index contributed by atoms with van der Waals surface area (Å²) in [5.41, 5.74) is 1.09. The fourth-order valence-corrected chi connectivity index (χ4v) is 2.66. The first kappa shape index (κ1) is 15.7. The van der Waals surface area contributed by atoms with Gasteiger partial charge in [0.1, 0.15) is 5.82 Å². The number of hydrogen-bond acceptors (Lipinski definition) is 6. The van der Waals surface area contributed by atoms with E-state index in [0.29, 0.717) is 10.9 Å². The Morgan fingerprint density at radius 2 is 1.50 bits per heavy atom. The van der Waals surface area contributed by atoms with Crippen molar-refractivity contribution in [2.24, 2.45) is 0 Å².